The first-order chi connectivity index (χ1) is 9.13. The summed E-state index contributed by atoms with van der Waals surface area (Å²) in [6, 6.07) is 4.56. The molecule has 19 heavy (non-hydrogen) atoms. The Morgan fingerprint density at radius 1 is 1.37 bits per heavy atom. The van der Waals surface area contributed by atoms with E-state index in [0.29, 0.717) is 12.0 Å². The SMILES string of the molecule is Cc1ccc([C@@H]2C[C@@H]2C(=O)NCC(=O)NC2CC2)s1. The van der Waals surface area contributed by atoms with Gasteiger partial charge in [0.1, 0.15) is 0 Å². The molecule has 2 aliphatic carbocycles. The van der Waals surface area contributed by atoms with E-state index in [1.165, 1.54) is 9.75 Å². The summed E-state index contributed by atoms with van der Waals surface area (Å²) in [6.07, 6.45) is 3.06. The van der Waals surface area contributed by atoms with Crippen molar-refractivity contribution in [3.8, 4) is 0 Å². The lowest BCUT2D eigenvalue weighted by atomic mass is 10.2. The second-order valence-electron chi connectivity index (χ2n) is 5.46. The number of thiophene rings is 1. The lowest BCUT2D eigenvalue weighted by molar-refractivity contribution is -0.126. The van der Waals surface area contributed by atoms with E-state index in [-0.39, 0.29) is 24.3 Å². The van der Waals surface area contributed by atoms with Gasteiger partial charge in [0.15, 0.2) is 0 Å². The molecule has 0 aliphatic heterocycles. The monoisotopic (exact) mass is 278 g/mol. The van der Waals surface area contributed by atoms with E-state index in [1.54, 1.807) is 11.3 Å². The topological polar surface area (TPSA) is 58.2 Å². The van der Waals surface area contributed by atoms with Crippen LogP contribution in [-0.2, 0) is 9.59 Å². The summed E-state index contributed by atoms with van der Waals surface area (Å²) in [6.45, 7) is 2.19. The van der Waals surface area contributed by atoms with Crippen molar-refractivity contribution in [2.45, 2.75) is 38.1 Å². The van der Waals surface area contributed by atoms with Gasteiger partial charge >= 0.3 is 0 Å². The Labute approximate surface area is 116 Å². The van der Waals surface area contributed by atoms with Crippen LogP contribution in [0.15, 0.2) is 12.1 Å². The number of hydrogen-bond donors (Lipinski definition) is 2. The quantitative estimate of drug-likeness (QED) is 0.858. The zero-order chi connectivity index (χ0) is 13.4. The van der Waals surface area contributed by atoms with Gasteiger partial charge in [-0.1, -0.05) is 0 Å². The molecule has 1 aromatic rings. The first-order valence-electron chi connectivity index (χ1n) is 6.77. The minimum Gasteiger partial charge on any atom is -0.352 e. The van der Waals surface area contributed by atoms with E-state index >= 15 is 0 Å². The smallest absolute Gasteiger partial charge is 0.239 e. The molecule has 1 heterocycles. The van der Waals surface area contributed by atoms with Crippen LogP contribution in [0, 0.1) is 12.8 Å². The van der Waals surface area contributed by atoms with E-state index in [2.05, 4.69) is 29.7 Å². The maximum atomic E-state index is 11.9. The van der Waals surface area contributed by atoms with Crippen molar-refractivity contribution < 1.29 is 9.59 Å². The van der Waals surface area contributed by atoms with Gasteiger partial charge in [-0.3, -0.25) is 9.59 Å². The fourth-order valence-corrected chi connectivity index (χ4v) is 3.31. The predicted molar refractivity (Wildman–Crippen MR) is 74.1 cm³/mol. The van der Waals surface area contributed by atoms with E-state index in [9.17, 15) is 9.59 Å². The molecule has 0 saturated heterocycles. The Hall–Kier alpha value is -1.36. The molecule has 0 radical (unpaired) electrons. The van der Waals surface area contributed by atoms with Crippen molar-refractivity contribution in [2.75, 3.05) is 6.54 Å². The molecule has 5 heteroatoms. The van der Waals surface area contributed by atoms with Crippen molar-refractivity contribution in [3.05, 3.63) is 21.9 Å². The molecular formula is C14H18N2O2S. The fraction of sp³-hybridized carbons (Fsp3) is 0.571. The van der Waals surface area contributed by atoms with Crippen LogP contribution in [0.5, 0.6) is 0 Å². The minimum atomic E-state index is -0.0694. The van der Waals surface area contributed by atoms with E-state index in [0.717, 1.165) is 19.3 Å². The normalized spacial score (nSPS) is 24.9. The number of carbonyl (C=O) groups excluding carboxylic acids is 2. The van der Waals surface area contributed by atoms with Gasteiger partial charge < -0.3 is 10.6 Å². The first-order valence-corrected chi connectivity index (χ1v) is 7.58. The van der Waals surface area contributed by atoms with Gasteiger partial charge in [0.05, 0.1) is 6.54 Å². The van der Waals surface area contributed by atoms with Gasteiger partial charge in [-0.25, -0.2) is 0 Å². The van der Waals surface area contributed by atoms with Crippen LogP contribution in [-0.4, -0.2) is 24.4 Å². The maximum Gasteiger partial charge on any atom is 0.239 e. The van der Waals surface area contributed by atoms with Crippen LogP contribution in [0.4, 0.5) is 0 Å². The van der Waals surface area contributed by atoms with Gasteiger partial charge in [-0.15, -0.1) is 11.3 Å². The second kappa shape index (κ2) is 4.96. The summed E-state index contributed by atoms with van der Waals surface area (Å²) in [7, 11) is 0. The third-order valence-corrected chi connectivity index (χ3v) is 4.75. The lowest BCUT2D eigenvalue weighted by Crippen LogP contribution is -2.38. The summed E-state index contributed by atoms with van der Waals surface area (Å²) in [4.78, 5) is 26.0. The number of rotatable bonds is 5. The largest absolute Gasteiger partial charge is 0.352 e. The third-order valence-electron chi connectivity index (χ3n) is 3.62. The second-order valence-corrected chi connectivity index (χ2v) is 6.78. The molecule has 3 rings (SSSR count). The molecule has 2 N–H and O–H groups in total. The highest BCUT2D eigenvalue weighted by atomic mass is 32.1. The fourth-order valence-electron chi connectivity index (χ4n) is 2.26. The van der Waals surface area contributed by atoms with Gasteiger partial charge in [-0.2, -0.15) is 0 Å². The molecule has 0 unspecified atom stereocenters. The number of amides is 2. The number of nitrogens with one attached hydrogen (secondary N) is 2. The van der Waals surface area contributed by atoms with Gasteiger partial charge in [0, 0.05) is 27.6 Å². The van der Waals surface area contributed by atoms with Crippen molar-refractivity contribution in [3.63, 3.8) is 0 Å². The van der Waals surface area contributed by atoms with Crippen LogP contribution in [0.25, 0.3) is 0 Å². The predicted octanol–water partition coefficient (Wildman–Crippen LogP) is 1.55. The summed E-state index contributed by atoms with van der Waals surface area (Å²) < 4.78 is 0. The highest BCUT2D eigenvalue weighted by Gasteiger charge is 2.44. The highest BCUT2D eigenvalue weighted by Crippen LogP contribution is 2.49. The minimum absolute atomic E-state index is 0.0157. The average Bonchev–Trinajstić information content (AvgIpc) is 3.28. The molecule has 1 aromatic heterocycles. The Kier molecular flexibility index (Phi) is 3.31. The van der Waals surface area contributed by atoms with Crippen LogP contribution < -0.4 is 10.6 Å². The Morgan fingerprint density at radius 2 is 2.16 bits per heavy atom. The molecular weight excluding hydrogens is 260 g/mol. The van der Waals surface area contributed by atoms with E-state index in [4.69, 9.17) is 0 Å². The molecule has 102 valence electrons. The Bertz CT molecular complexity index is 507. The molecule has 0 bridgehead atoms. The zero-order valence-corrected chi connectivity index (χ0v) is 11.8. The molecule has 2 atom stereocenters. The molecule has 0 aromatic carbocycles. The van der Waals surface area contributed by atoms with Crippen LogP contribution in [0.3, 0.4) is 0 Å². The van der Waals surface area contributed by atoms with Crippen molar-refractivity contribution in [1.29, 1.82) is 0 Å². The maximum absolute atomic E-state index is 11.9. The Morgan fingerprint density at radius 3 is 2.79 bits per heavy atom. The molecule has 2 fully saturated rings. The first kappa shape index (κ1) is 12.7. The van der Waals surface area contributed by atoms with Crippen LogP contribution >= 0.6 is 11.3 Å². The third kappa shape index (κ3) is 3.15. The van der Waals surface area contributed by atoms with Crippen molar-refractivity contribution >= 4 is 23.2 Å². The summed E-state index contributed by atoms with van der Waals surface area (Å²) in [5, 5.41) is 5.60. The van der Waals surface area contributed by atoms with Crippen molar-refractivity contribution in [1.82, 2.24) is 10.6 Å². The Balaban J connectivity index is 1.43. The zero-order valence-electron chi connectivity index (χ0n) is 10.9. The van der Waals surface area contributed by atoms with Crippen molar-refractivity contribution in [2.24, 2.45) is 5.92 Å². The van der Waals surface area contributed by atoms with Crippen LogP contribution in [0.1, 0.15) is 34.9 Å². The van der Waals surface area contributed by atoms with Gasteiger partial charge in [0.2, 0.25) is 11.8 Å². The number of carbonyl (C=O) groups is 2. The molecule has 2 aliphatic rings. The lowest BCUT2D eigenvalue weighted by Gasteiger charge is -2.05. The highest BCUT2D eigenvalue weighted by molar-refractivity contribution is 7.12. The standard InChI is InChI=1S/C14H18N2O2S/c1-8-2-5-12(19-8)10-6-11(10)14(18)15-7-13(17)16-9-3-4-9/h2,5,9-11H,3-4,6-7H2,1H3,(H,15,18)(H,16,17)/t10-,11+/m1/s1. The van der Waals surface area contributed by atoms with Gasteiger partial charge in [0.25, 0.3) is 0 Å². The summed E-state index contributed by atoms with van der Waals surface area (Å²) in [5.41, 5.74) is 0. The molecule has 0 spiro atoms. The van der Waals surface area contributed by atoms with Gasteiger partial charge in [-0.05, 0) is 38.3 Å². The van der Waals surface area contributed by atoms with Crippen LogP contribution in [0.2, 0.25) is 0 Å². The molecule has 4 nitrogen and oxygen atoms in total. The molecule has 2 saturated carbocycles. The molecule has 2 amide bonds. The average molecular weight is 278 g/mol. The number of hydrogen-bond acceptors (Lipinski definition) is 3. The summed E-state index contributed by atoms with van der Waals surface area (Å²) >= 11 is 1.76. The van der Waals surface area contributed by atoms with E-state index < -0.39 is 0 Å². The number of aryl methyl sites for hydroxylation is 1. The summed E-state index contributed by atoms with van der Waals surface area (Å²) in [5.74, 6) is 0.374. The van der Waals surface area contributed by atoms with E-state index in [1.807, 2.05) is 0 Å².